The van der Waals surface area contributed by atoms with Crippen LogP contribution in [-0.4, -0.2) is 13.2 Å². The van der Waals surface area contributed by atoms with E-state index in [-0.39, 0.29) is 24.3 Å². The fraction of sp³-hybridized carbons (Fsp3) is 0.500. The Bertz CT molecular complexity index is 351. The quantitative estimate of drug-likeness (QED) is 0.904. The third kappa shape index (κ3) is 3.41. The topological polar surface area (TPSA) is 35.2 Å². The molecule has 1 aromatic rings. The normalized spacial score (nSPS) is 18.5. The lowest BCUT2D eigenvalue weighted by Gasteiger charge is -2.28. The van der Waals surface area contributed by atoms with E-state index in [4.69, 9.17) is 10.5 Å². The maximum absolute atomic E-state index is 13.7. The zero-order chi connectivity index (χ0) is 11.5. The molecule has 1 heterocycles. The molecule has 0 bridgehead atoms. The van der Waals surface area contributed by atoms with Crippen LogP contribution in [0, 0.1) is 11.7 Å². The second-order valence-corrected chi connectivity index (χ2v) is 4.97. The molecule has 0 saturated carbocycles. The maximum Gasteiger partial charge on any atom is 0.129 e. The summed E-state index contributed by atoms with van der Waals surface area (Å²) in [5.74, 6) is 0.0790. The van der Waals surface area contributed by atoms with Gasteiger partial charge in [0, 0.05) is 29.3 Å². The molecule has 2 nitrogen and oxygen atoms in total. The van der Waals surface area contributed by atoms with E-state index in [1.54, 1.807) is 6.07 Å². The van der Waals surface area contributed by atoms with Gasteiger partial charge in [-0.3, -0.25) is 0 Å². The molecule has 0 spiro atoms. The van der Waals surface area contributed by atoms with Gasteiger partial charge in [0.2, 0.25) is 0 Å². The molecule has 2 rings (SSSR count). The molecule has 0 radical (unpaired) electrons. The molecular weight excluding hydrogens is 308 g/mol. The van der Waals surface area contributed by atoms with E-state index in [1.165, 1.54) is 6.07 Å². The first kappa shape index (κ1) is 14.9. The molecule has 5 heteroatoms. The van der Waals surface area contributed by atoms with E-state index in [0.29, 0.717) is 11.5 Å². The maximum atomic E-state index is 13.7. The van der Waals surface area contributed by atoms with Crippen LogP contribution in [0.1, 0.15) is 24.4 Å². The molecule has 1 atom stereocenters. The number of benzene rings is 1. The van der Waals surface area contributed by atoms with E-state index in [0.717, 1.165) is 30.5 Å². The van der Waals surface area contributed by atoms with Crippen molar-refractivity contribution in [1.29, 1.82) is 0 Å². The highest BCUT2D eigenvalue weighted by Crippen LogP contribution is 2.33. The van der Waals surface area contributed by atoms with Gasteiger partial charge >= 0.3 is 0 Å². The minimum absolute atomic E-state index is 0. The van der Waals surface area contributed by atoms with E-state index in [2.05, 4.69) is 15.9 Å². The standard InChI is InChI=1S/C12H15BrFNO.ClH/c13-9-2-1-3-10(14)11(9)12(15)8-4-6-16-7-5-8;/h1-3,8,12H,4-7,15H2;1H/t12-;/m1./s1. The van der Waals surface area contributed by atoms with Crippen LogP contribution < -0.4 is 5.73 Å². The minimum atomic E-state index is -0.250. The first-order valence-electron chi connectivity index (χ1n) is 5.47. The van der Waals surface area contributed by atoms with E-state index < -0.39 is 0 Å². The molecule has 1 aliphatic rings. The van der Waals surface area contributed by atoms with E-state index >= 15 is 0 Å². The first-order valence-corrected chi connectivity index (χ1v) is 6.26. The molecule has 17 heavy (non-hydrogen) atoms. The summed E-state index contributed by atoms with van der Waals surface area (Å²) in [6, 6.07) is 4.72. The van der Waals surface area contributed by atoms with Crippen molar-refractivity contribution in [3.8, 4) is 0 Å². The largest absolute Gasteiger partial charge is 0.381 e. The van der Waals surface area contributed by atoms with Crippen LogP contribution in [-0.2, 0) is 4.74 Å². The highest BCUT2D eigenvalue weighted by atomic mass is 79.9. The number of hydrogen-bond acceptors (Lipinski definition) is 2. The summed E-state index contributed by atoms with van der Waals surface area (Å²) in [7, 11) is 0. The highest BCUT2D eigenvalue weighted by molar-refractivity contribution is 9.10. The fourth-order valence-electron chi connectivity index (χ4n) is 2.14. The van der Waals surface area contributed by atoms with Crippen molar-refractivity contribution in [2.75, 3.05) is 13.2 Å². The molecular formula is C12H16BrClFNO. The Morgan fingerprint density at radius 3 is 2.59 bits per heavy atom. The van der Waals surface area contributed by atoms with Crippen LogP contribution in [0.3, 0.4) is 0 Å². The monoisotopic (exact) mass is 323 g/mol. The molecule has 1 aromatic carbocycles. The Morgan fingerprint density at radius 2 is 2.00 bits per heavy atom. The Balaban J connectivity index is 0.00000144. The highest BCUT2D eigenvalue weighted by Gasteiger charge is 2.25. The van der Waals surface area contributed by atoms with Gasteiger partial charge < -0.3 is 10.5 Å². The Labute approximate surface area is 115 Å². The Hall–Kier alpha value is -0.160. The van der Waals surface area contributed by atoms with Crippen molar-refractivity contribution in [1.82, 2.24) is 0 Å². The van der Waals surface area contributed by atoms with Crippen molar-refractivity contribution >= 4 is 28.3 Å². The SMILES string of the molecule is Cl.N[C@@H](c1c(F)cccc1Br)C1CCOCC1. The second kappa shape index (κ2) is 6.69. The number of ether oxygens (including phenoxy) is 1. The number of rotatable bonds is 2. The number of hydrogen-bond donors (Lipinski definition) is 1. The molecule has 96 valence electrons. The summed E-state index contributed by atoms with van der Waals surface area (Å²) in [5.41, 5.74) is 6.74. The van der Waals surface area contributed by atoms with Gasteiger partial charge in [0.25, 0.3) is 0 Å². The van der Waals surface area contributed by atoms with E-state index in [1.807, 2.05) is 6.07 Å². The van der Waals surface area contributed by atoms with Crippen molar-refractivity contribution < 1.29 is 9.13 Å². The minimum Gasteiger partial charge on any atom is -0.381 e. The Kier molecular flexibility index (Phi) is 5.86. The van der Waals surface area contributed by atoms with Crippen molar-refractivity contribution in [3.63, 3.8) is 0 Å². The van der Waals surface area contributed by atoms with Gasteiger partial charge in [0.1, 0.15) is 5.82 Å². The van der Waals surface area contributed by atoms with Crippen molar-refractivity contribution in [2.24, 2.45) is 11.7 Å². The summed E-state index contributed by atoms with van der Waals surface area (Å²) in [6.07, 6.45) is 1.81. The molecule has 0 aliphatic carbocycles. The number of nitrogens with two attached hydrogens (primary N) is 1. The van der Waals surface area contributed by atoms with Crippen molar-refractivity contribution in [2.45, 2.75) is 18.9 Å². The lowest BCUT2D eigenvalue weighted by Crippen LogP contribution is -2.28. The molecule has 0 unspecified atom stereocenters. The Morgan fingerprint density at radius 1 is 1.35 bits per heavy atom. The van der Waals surface area contributed by atoms with Gasteiger partial charge in [0.05, 0.1) is 0 Å². The fourth-order valence-corrected chi connectivity index (χ4v) is 2.75. The molecule has 1 aliphatic heterocycles. The zero-order valence-electron chi connectivity index (χ0n) is 9.36. The summed E-state index contributed by atoms with van der Waals surface area (Å²) in [5, 5.41) is 0. The van der Waals surface area contributed by atoms with Crippen LogP contribution in [0.25, 0.3) is 0 Å². The number of halogens is 3. The predicted octanol–water partition coefficient (Wildman–Crippen LogP) is 3.44. The van der Waals surface area contributed by atoms with Crippen LogP contribution in [0.4, 0.5) is 4.39 Å². The predicted molar refractivity (Wildman–Crippen MR) is 71.8 cm³/mol. The second-order valence-electron chi connectivity index (χ2n) is 4.11. The molecule has 2 N–H and O–H groups in total. The lowest BCUT2D eigenvalue weighted by atomic mass is 9.87. The molecule has 1 saturated heterocycles. The van der Waals surface area contributed by atoms with Crippen molar-refractivity contribution in [3.05, 3.63) is 34.1 Å². The van der Waals surface area contributed by atoms with Crippen LogP contribution in [0.15, 0.2) is 22.7 Å². The van der Waals surface area contributed by atoms with Crippen LogP contribution >= 0.6 is 28.3 Å². The molecule has 0 amide bonds. The summed E-state index contributed by atoms with van der Waals surface area (Å²) >= 11 is 3.36. The van der Waals surface area contributed by atoms with Gasteiger partial charge in [-0.05, 0) is 30.9 Å². The van der Waals surface area contributed by atoms with Gasteiger partial charge in [-0.1, -0.05) is 22.0 Å². The third-order valence-electron chi connectivity index (χ3n) is 3.11. The van der Waals surface area contributed by atoms with Crippen LogP contribution in [0.2, 0.25) is 0 Å². The summed E-state index contributed by atoms with van der Waals surface area (Å²) in [4.78, 5) is 0. The lowest BCUT2D eigenvalue weighted by molar-refractivity contribution is 0.0579. The van der Waals surface area contributed by atoms with Gasteiger partial charge in [0.15, 0.2) is 0 Å². The smallest absolute Gasteiger partial charge is 0.129 e. The average Bonchev–Trinajstić information content (AvgIpc) is 2.30. The van der Waals surface area contributed by atoms with Gasteiger partial charge in [-0.15, -0.1) is 12.4 Å². The summed E-state index contributed by atoms with van der Waals surface area (Å²) in [6.45, 7) is 1.45. The van der Waals surface area contributed by atoms with Gasteiger partial charge in [-0.2, -0.15) is 0 Å². The molecule has 0 aromatic heterocycles. The average molecular weight is 325 g/mol. The van der Waals surface area contributed by atoms with Gasteiger partial charge in [-0.25, -0.2) is 4.39 Å². The third-order valence-corrected chi connectivity index (χ3v) is 3.80. The zero-order valence-corrected chi connectivity index (χ0v) is 11.8. The molecule has 1 fully saturated rings. The van der Waals surface area contributed by atoms with E-state index in [9.17, 15) is 4.39 Å². The first-order chi connectivity index (χ1) is 7.70. The van der Waals surface area contributed by atoms with Crippen LogP contribution in [0.5, 0.6) is 0 Å². The summed E-state index contributed by atoms with van der Waals surface area (Å²) < 4.78 is 19.8.